The molecule has 2 rings (SSSR count). The van der Waals surface area contributed by atoms with Crippen LogP contribution in [0.4, 0.5) is 11.6 Å². The normalized spacial score (nSPS) is 16.5. The minimum Gasteiger partial charge on any atom is -0.370 e. The van der Waals surface area contributed by atoms with Gasteiger partial charge in [-0.3, -0.25) is 0 Å². The van der Waals surface area contributed by atoms with Crippen LogP contribution < -0.4 is 10.6 Å². The third kappa shape index (κ3) is 4.17. The number of hydrogen-bond donors (Lipinski definition) is 2. The number of rotatable bonds is 6. The maximum atomic E-state index is 4.27. The van der Waals surface area contributed by atoms with Gasteiger partial charge in [0.15, 0.2) is 0 Å². The van der Waals surface area contributed by atoms with Crippen molar-refractivity contribution in [3.05, 3.63) is 12.4 Å². The van der Waals surface area contributed by atoms with Crippen LogP contribution in [0.15, 0.2) is 12.4 Å². The van der Waals surface area contributed by atoms with Crippen molar-refractivity contribution in [1.82, 2.24) is 9.97 Å². The van der Waals surface area contributed by atoms with Crippen molar-refractivity contribution in [3.63, 3.8) is 0 Å². The van der Waals surface area contributed by atoms with Gasteiger partial charge in [0.1, 0.15) is 18.0 Å². The van der Waals surface area contributed by atoms with Gasteiger partial charge in [0.25, 0.3) is 0 Å². The Bertz CT molecular complexity index is 347. The molecule has 1 aliphatic rings. The zero-order valence-corrected chi connectivity index (χ0v) is 11.3. The molecule has 18 heavy (non-hydrogen) atoms. The van der Waals surface area contributed by atoms with Crippen LogP contribution in [0.3, 0.4) is 0 Å². The Balaban J connectivity index is 1.80. The fourth-order valence-electron chi connectivity index (χ4n) is 2.44. The SMILES string of the molecule is CCCNc1cc(NCC2CCCCC2)ncn1. The van der Waals surface area contributed by atoms with E-state index in [4.69, 9.17) is 0 Å². The number of aromatic nitrogens is 2. The lowest BCUT2D eigenvalue weighted by atomic mass is 9.89. The first-order valence-electron chi connectivity index (χ1n) is 7.18. The first kappa shape index (κ1) is 13.1. The van der Waals surface area contributed by atoms with Gasteiger partial charge in [-0.25, -0.2) is 9.97 Å². The van der Waals surface area contributed by atoms with Crippen LogP contribution in [-0.4, -0.2) is 23.1 Å². The third-order valence-electron chi connectivity index (χ3n) is 3.52. The van der Waals surface area contributed by atoms with E-state index in [9.17, 15) is 0 Å². The Morgan fingerprint density at radius 1 is 1.11 bits per heavy atom. The highest BCUT2D eigenvalue weighted by Gasteiger charge is 2.13. The molecular weight excluding hydrogens is 224 g/mol. The van der Waals surface area contributed by atoms with Crippen LogP contribution in [-0.2, 0) is 0 Å². The van der Waals surface area contributed by atoms with E-state index in [2.05, 4.69) is 27.5 Å². The maximum absolute atomic E-state index is 4.27. The van der Waals surface area contributed by atoms with Crippen LogP contribution >= 0.6 is 0 Å². The Labute approximate surface area is 110 Å². The second-order valence-electron chi connectivity index (χ2n) is 5.10. The largest absolute Gasteiger partial charge is 0.370 e. The van der Waals surface area contributed by atoms with Gasteiger partial charge in [0.05, 0.1) is 0 Å². The molecule has 0 saturated heterocycles. The summed E-state index contributed by atoms with van der Waals surface area (Å²) < 4.78 is 0. The molecule has 1 heterocycles. The summed E-state index contributed by atoms with van der Waals surface area (Å²) in [4.78, 5) is 8.48. The Hall–Kier alpha value is -1.32. The van der Waals surface area contributed by atoms with E-state index in [0.717, 1.165) is 37.1 Å². The standard InChI is InChI=1S/C14H24N4/c1-2-8-15-13-9-14(18-11-17-13)16-10-12-6-4-3-5-7-12/h9,11-12H,2-8,10H2,1H3,(H2,15,16,17,18). The van der Waals surface area contributed by atoms with Gasteiger partial charge in [0, 0.05) is 19.2 Å². The minimum absolute atomic E-state index is 0.820. The predicted molar refractivity (Wildman–Crippen MR) is 75.9 cm³/mol. The molecule has 0 atom stereocenters. The number of nitrogens with one attached hydrogen (secondary N) is 2. The second-order valence-corrected chi connectivity index (χ2v) is 5.10. The molecule has 0 amide bonds. The lowest BCUT2D eigenvalue weighted by molar-refractivity contribution is 0.373. The summed E-state index contributed by atoms with van der Waals surface area (Å²) in [5, 5.41) is 6.72. The zero-order chi connectivity index (χ0) is 12.6. The molecule has 1 aromatic rings. The highest BCUT2D eigenvalue weighted by molar-refractivity contribution is 5.46. The molecule has 0 radical (unpaired) electrons. The number of hydrogen-bond acceptors (Lipinski definition) is 4. The fourth-order valence-corrected chi connectivity index (χ4v) is 2.44. The Morgan fingerprint density at radius 3 is 2.56 bits per heavy atom. The predicted octanol–water partition coefficient (Wildman–Crippen LogP) is 3.29. The van der Waals surface area contributed by atoms with Crippen molar-refractivity contribution in [2.45, 2.75) is 45.4 Å². The lowest BCUT2D eigenvalue weighted by Crippen LogP contribution is -2.17. The topological polar surface area (TPSA) is 49.8 Å². The zero-order valence-electron chi connectivity index (χ0n) is 11.3. The molecule has 0 unspecified atom stereocenters. The van der Waals surface area contributed by atoms with Gasteiger partial charge in [-0.15, -0.1) is 0 Å². The molecule has 1 saturated carbocycles. The molecule has 1 aliphatic carbocycles. The van der Waals surface area contributed by atoms with Gasteiger partial charge in [-0.2, -0.15) is 0 Å². The molecule has 0 spiro atoms. The summed E-state index contributed by atoms with van der Waals surface area (Å²) in [5.41, 5.74) is 0. The summed E-state index contributed by atoms with van der Waals surface area (Å²) in [6.07, 6.45) is 9.64. The van der Waals surface area contributed by atoms with Crippen LogP contribution in [0.2, 0.25) is 0 Å². The van der Waals surface area contributed by atoms with Crippen LogP contribution in [0.1, 0.15) is 45.4 Å². The van der Waals surface area contributed by atoms with Crippen molar-refractivity contribution in [2.24, 2.45) is 5.92 Å². The first-order chi connectivity index (χ1) is 8.88. The van der Waals surface area contributed by atoms with Crippen LogP contribution in [0.5, 0.6) is 0 Å². The molecule has 2 N–H and O–H groups in total. The third-order valence-corrected chi connectivity index (χ3v) is 3.52. The van der Waals surface area contributed by atoms with E-state index in [1.54, 1.807) is 6.33 Å². The van der Waals surface area contributed by atoms with Gasteiger partial charge < -0.3 is 10.6 Å². The van der Waals surface area contributed by atoms with Gasteiger partial charge in [-0.1, -0.05) is 26.2 Å². The molecule has 1 fully saturated rings. The minimum atomic E-state index is 0.820. The van der Waals surface area contributed by atoms with E-state index >= 15 is 0 Å². The van der Waals surface area contributed by atoms with Crippen molar-refractivity contribution >= 4 is 11.6 Å². The van der Waals surface area contributed by atoms with Gasteiger partial charge >= 0.3 is 0 Å². The average Bonchev–Trinajstić information content (AvgIpc) is 2.44. The molecule has 0 aliphatic heterocycles. The summed E-state index contributed by atoms with van der Waals surface area (Å²) in [5.74, 6) is 2.67. The van der Waals surface area contributed by atoms with Crippen LogP contribution in [0.25, 0.3) is 0 Å². The van der Waals surface area contributed by atoms with Crippen molar-refractivity contribution < 1.29 is 0 Å². The van der Waals surface area contributed by atoms with Gasteiger partial charge in [-0.05, 0) is 25.2 Å². The van der Waals surface area contributed by atoms with E-state index in [1.165, 1.54) is 32.1 Å². The molecule has 0 aromatic carbocycles. The first-order valence-corrected chi connectivity index (χ1v) is 7.18. The molecule has 1 aromatic heterocycles. The van der Waals surface area contributed by atoms with Crippen molar-refractivity contribution in [3.8, 4) is 0 Å². The van der Waals surface area contributed by atoms with E-state index in [-0.39, 0.29) is 0 Å². The molecule has 0 bridgehead atoms. The summed E-state index contributed by atoms with van der Waals surface area (Å²) >= 11 is 0. The Kier molecular flexibility index (Phi) is 5.24. The molecular formula is C14H24N4. The van der Waals surface area contributed by atoms with Crippen molar-refractivity contribution in [2.75, 3.05) is 23.7 Å². The maximum Gasteiger partial charge on any atom is 0.131 e. The molecule has 4 heteroatoms. The highest BCUT2D eigenvalue weighted by Crippen LogP contribution is 2.23. The quantitative estimate of drug-likeness (QED) is 0.811. The van der Waals surface area contributed by atoms with E-state index in [0.29, 0.717) is 0 Å². The smallest absolute Gasteiger partial charge is 0.131 e. The number of anilines is 2. The average molecular weight is 248 g/mol. The summed E-state index contributed by atoms with van der Waals surface area (Å²) in [7, 11) is 0. The highest BCUT2D eigenvalue weighted by atomic mass is 15.1. The second kappa shape index (κ2) is 7.19. The Morgan fingerprint density at radius 2 is 1.83 bits per heavy atom. The summed E-state index contributed by atoms with van der Waals surface area (Å²) in [6.45, 7) is 4.15. The number of nitrogens with zero attached hydrogens (tertiary/aromatic N) is 2. The van der Waals surface area contributed by atoms with Crippen LogP contribution in [0, 0.1) is 5.92 Å². The van der Waals surface area contributed by atoms with E-state index in [1.807, 2.05) is 6.07 Å². The lowest BCUT2D eigenvalue weighted by Gasteiger charge is -2.22. The van der Waals surface area contributed by atoms with Gasteiger partial charge in [0.2, 0.25) is 0 Å². The summed E-state index contributed by atoms with van der Waals surface area (Å²) in [6, 6.07) is 2.00. The van der Waals surface area contributed by atoms with Crippen molar-refractivity contribution in [1.29, 1.82) is 0 Å². The molecule has 4 nitrogen and oxygen atoms in total. The fraction of sp³-hybridized carbons (Fsp3) is 0.714. The monoisotopic (exact) mass is 248 g/mol. The van der Waals surface area contributed by atoms with E-state index < -0.39 is 0 Å². The molecule has 100 valence electrons.